The first-order valence-corrected chi connectivity index (χ1v) is 6.38. The van der Waals surface area contributed by atoms with Gasteiger partial charge in [0.15, 0.2) is 0 Å². The molecule has 0 aliphatic carbocycles. The molecule has 0 heterocycles. The second-order valence-corrected chi connectivity index (χ2v) is 5.13. The number of hydrogen-bond acceptors (Lipinski definition) is 4. The van der Waals surface area contributed by atoms with Gasteiger partial charge in [0.05, 0.1) is 17.9 Å². The van der Waals surface area contributed by atoms with Crippen LogP contribution < -0.4 is 11.1 Å². The molecule has 0 fully saturated rings. The smallest absolute Gasteiger partial charge is 0.238 e. The van der Waals surface area contributed by atoms with E-state index in [0.717, 1.165) is 18.7 Å². The summed E-state index contributed by atoms with van der Waals surface area (Å²) in [6, 6.07) is 5.60. The number of amides is 1. The number of carbonyl (C=O) groups excluding carboxylic acids is 1. The number of carbonyl (C=O) groups is 1. The highest BCUT2D eigenvalue weighted by molar-refractivity contribution is 5.96. The van der Waals surface area contributed by atoms with Gasteiger partial charge in [0.2, 0.25) is 5.91 Å². The molecule has 3 N–H and O–H groups in total. The summed E-state index contributed by atoms with van der Waals surface area (Å²) in [5, 5.41) is 2.88. The molecule has 0 bridgehead atoms. The lowest BCUT2D eigenvalue weighted by atomic mass is 10.1. The molecule has 1 rings (SSSR count). The van der Waals surface area contributed by atoms with Crippen molar-refractivity contribution in [2.24, 2.45) is 0 Å². The summed E-state index contributed by atoms with van der Waals surface area (Å²) in [4.78, 5) is 16.0. The molecule has 0 saturated heterocycles. The van der Waals surface area contributed by atoms with Gasteiger partial charge in [-0.05, 0) is 39.7 Å². The van der Waals surface area contributed by atoms with Gasteiger partial charge in [0, 0.05) is 13.1 Å². The highest BCUT2D eigenvalue weighted by Gasteiger charge is 2.10. The first kappa shape index (κ1) is 15.5. The van der Waals surface area contributed by atoms with Crippen molar-refractivity contribution in [3.8, 4) is 0 Å². The summed E-state index contributed by atoms with van der Waals surface area (Å²) < 4.78 is 0. The molecule has 19 heavy (non-hydrogen) atoms. The first-order valence-electron chi connectivity index (χ1n) is 6.38. The Morgan fingerprint density at radius 2 is 1.95 bits per heavy atom. The molecule has 0 saturated carbocycles. The highest BCUT2D eigenvalue weighted by Crippen LogP contribution is 2.22. The molecule has 0 atom stereocenters. The average Bonchev–Trinajstić information content (AvgIpc) is 2.31. The SMILES string of the molecule is Cc1cccc(N)c1NC(=O)CN(C)CCN(C)C. The molecule has 0 aliphatic rings. The van der Waals surface area contributed by atoms with Gasteiger partial charge in [-0.15, -0.1) is 0 Å². The van der Waals surface area contributed by atoms with E-state index >= 15 is 0 Å². The van der Waals surface area contributed by atoms with Gasteiger partial charge < -0.3 is 16.0 Å². The zero-order valence-corrected chi connectivity index (χ0v) is 12.2. The maximum absolute atomic E-state index is 12.0. The third kappa shape index (κ3) is 5.28. The van der Waals surface area contributed by atoms with Gasteiger partial charge in [-0.3, -0.25) is 9.69 Å². The Kier molecular flexibility index (Phi) is 5.79. The van der Waals surface area contributed by atoms with Crippen molar-refractivity contribution in [3.05, 3.63) is 23.8 Å². The highest BCUT2D eigenvalue weighted by atomic mass is 16.2. The number of rotatable bonds is 6. The van der Waals surface area contributed by atoms with Crippen LogP contribution in [0.5, 0.6) is 0 Å². The molecular weight excluding hydrogens is 240 g/mol. The fourth-order valence-corrected chi connectivity index (χ4v) is 1.74. The molecular formula is C14H24N4O. The van der Waals surface area contributed by atoms with Crippen LogP contribution in [-0.2, 0) is 4.79 Å². The van der Waals surface area contributed by atoms with Crippen molar-refractivity contribution in [1.29, 1.82) is 0 Å². The van der Waals surface area contributed by atoms with Crippen LogP contribution in [0.15, 0.2) is 18.2 Å². The maximum Gasteiger partial charge on any atom is 0.238 e. The predicted molar refractivity (Wildman–Crippen MR) is 80.3 cm³/mol. The van der Waals surface area contributed by atoms with Crippen molar-refractivity contribution in [2.45, 2.75) is 6.92 Å². The molecule has 106 valence electrons. The van der Waals surface area contributed by atoms with Crippen molar-refractivity contribution in [1.82, 2.24) is 9.80 Å². The third-order valence-electron chi connectivity index (χ3n) is 2.91. The molecule has 1 aromatic carbocycles. The minimum Gasteiger partial charge on any atom is -0.397 e. The number of likely N-dealkylation sites (N-methyl/N-ethyl adjacent to an activating group) is 2. The summed E-state index contributed by atoms with van der Waals surface area (Å²) in [7, 11) is 5.97. The molecule has 1 aromatic rings. The molecule has 5 heteroatoms. The lowest BCUT2D eigenvalue weighted by Gasteiger charge is -2.19. The van der Waals surface area contributed by atoms with E-state index in [1.165, 1.54) is 0 Å². The van der Waals surface area contributed by atoms with Crippen LogP contribution in [-0.4, -0.2) is 56.5 Å². The van der Waals surface area contributed by atoms with Gasteiger partial charge in [-0.1, -0.05) is 12.1 Å². The summed E-state index contributed by atoms with van der Waals surface area (Å²) >= 11 is 0. The molecule has 5 nitrogen and oxygen atoms in total. The third-order valence-corrected chi connectivity index (χ3v) is 2.91. The van der Waals surface area contributed by atoms with Crippen LogP contribution in [0, 0.1) is 6.92 Å². The Hall–Kier alpha value is -1.59. The van der Waals surface area contributed by atoms with E-state index in [-0.39, 0.29) is 5.91 Å². The monoisotopic (exact) mass is 264 g/mol. The summed E-state index contributed by atoms with van der Waals surface area (Å²) in [5.74, 6) is -0.0396. The number of benzene rings is 1. The number of aryl methyl sites for hydroxylation is 1. The maximum atomic E-state index is 12.0. The zero-order valence-electron chi connectivity index (χ0n) is 12.2. The van der Waals surface area contributed by atoms with Crippen LogP contribution in [0.25, 0.3) is 0 Å². The number of nitrogens with two attached hydrogens (primary N) is 1. The Bertz CT molecular complexity index is 411. The fourth-order valence-electron chi connectivity index (χ4n) is 1.74. The van der Waals surface area contributed by atoms with E-state index in [4.69, 9.17) is 5.73 Å². The summed E-state index contributed by atoms with van der Waals surface area (Å²) in [6.45, 7) is 4.07. The number of para-hydroxylation sites is 1. The molecule has 0 unspecified atom stereocenters. The zero-order chi connectivity index (χ0) is 14.4. The minimum absolute atomic E-state index is 0.0396. The van der Waals surface area contributed by atoms with Crippen LogP contribution in [0.1, 0.15) is 5.56 Å². The van der Waals surface area contributed by atoms with Crippen molar-refractivity contribution < 1.29 is 4.79 Å². The van der Waals surface area contributed by atoms with E-state index in [9.17, 15) is 4.79 Å². The Balaban J connectivity index is 2.51. The van der Waals surface area contributed by atoms with Gasteiger partial charge in [0.1, 0.15) is 0 Å². The number of nitrogens with zero attached hydrogens (tertiary/aromatic N) is 2. The molecule has 0 radical (unpaired) electrons. The number of anilines is 2. The van der Waals surface area contributed by atoms with E-state index < -0.39 is 0 Å². The van der Waals surface area contributed by atoms with Crippen LogP contribution in [0.4, 0.5) is 11.4 Å². The largest absolute Gasteiger partial charge is 0.397 e. The fraction of sp³-hybridized carbons (Fsp3) is 0.500. The second-order valence-electron chi connectivity index (χ2n) is 5.13. The van der Waals surface area contributed by atoms with Crippen LogP contribution >= 0.6 is 0 Å². The van der Waals surface area contributed by atoms with Crippen molar-refractivity contribution >= 4 is 17.3 Å². The van der Waals surface area contributed by atoms with E-state index in [1.807, 2.05) is 45.1 Å². The second kappa shape index (κ2) is 7.11. The predicted octanol–water partition coefficient (Wildman–Crippen LogP) is 1.01. The van der Waals surface area contributed by atoms with Crippen molar-refractivity contribution in [2.75, 3.05) is 51.8 Å². The lowest BCUT2D eigenvalue weighted by molar-refractivity contribution is -0.117. The van der Waals surface area contributed by atoms with Crippen LogP contribution in [0.3, 0.4) is 0 Å². The first-order chi connectivity index (χ1) is 8.90. The Morgan fingerprint density at radius 3 is 2.53 bits per heavy atom. The van der Waals surface area contributed by atoms with Gasteiger partial charge in [0.25, 0.3) is 0 Å². The topological polar surface area (TPSA) is 61.6 Å². The standard InChI is InChI=1S/C14H24N4O/c1-11-6-5-7-12(15)14(11)16-13(19)10-18(4)9-8-17(2)3/h5-7H,8-10,15H2,1-4H3,(H,16,19). The normalized spacial score (nSPS) is 11.1. The van der Waals surface area contributed by atoms with Crippen molar-refractivity contribution in [3.63, 3.8) is 0 Å². The van der Waals surface area contributed by atoms with Gasteiger partial charge in [-0.25, -0.2) is 0 Å². The van der Waals surface area contributed by atoms with E-state index in [0.29, 0.717) is 17.9 Å². The summed E-state index contributed by atoms with van der Waals surface area (Å²) in [6.07, 6.45) is 0. The molecule has 0 spiro atoms. The number of hydrogen-bond donors (Lipinski definition) is 2. The van der Waals surface area contributed by atoms with E-state index in [1.54, 1.807) is 6.07 Å². The molecule has 0 aromatic heterocycles. The van der Waals surface area contributed by atoms with Crippen LogP contribution in [0.2, 0.25) is 0 Å². The summed E-state index contributed by atoms with van der Waals surface area (Å²) in [5.41, 5.74) is 8.16. The number of nitrogen functional groups attached to an aromatic ring is 1. The molecule has 0 aliphatic heterocycles. The van der Waals surface area contributed by atoms with E-state index in [2.05, 4.69) is 10.2 Å². The van der Waals surface area contributed by atoms with Gasteiger partial charge in [-0.2, -0.15) is 0 Å². The minimum atomic E-state index is -0.0396. The Morgan fingerprint density at radius 1 is 1.26 bits per heavy atom. The number of nitrogens with one attached hydrogen (secondary N) is 1. The van der Waals surface area contributed by atoms with Gasteiger partial charge >= 0.3 is 0 Å². The quantitative estimate of drug-likeness (QED) is 0.753. The Labute approximate surface area is 115 Å². The average molecular weight is 264 g/mol. The lowest BCUT2D eigenvalue weighted by Crippen LogP contribution is -2.35. The molecule has 1 amide bonds.